The molecule has 0 fully saturated rings. The highest BCUT2D eigenvalue weighted by Gasteiger charge is 2.23. The second-order valence-electron chi connectivity index (χ2n) is 5.12. The summed E-state index contributed by atoms with van der Waals surface area (Å²) in [4.78, 5) is 12.2. The van der Waals surface area contributed by atoms with E-state index in [1.807, 2.05) is 33.2 Å². The van der Waals surface area contributed by atoms with E-state index in [9.17, 15) is 4.79 Å². The zero-order valence-corrected chi connectivity index (χ0v) is 17.6. The van der Waals surface area contributed by atoms with Crippen LogP contribution in [0.5, 0.6) is 0 Å². The van der Waals surface area contributed by atoms with Gasteiger partial charge in [-0.05, 0) is 29.7 Å². The highest BCUT2D eigenvalue weighted by atomic mass is 35.5. The van der Waals surface area contributed by atoms with E-state index >= 15 is 0 Å². The Labute approximate surface area is 165 Å². The van der Waals surface area contributed by atoms with Gasteiger partial charge in [0, 0.05) is 17.6 Å². The van der Waals surface area contributed by atoms with Crippen molar-refractivity contribution in [1.82, 2.24) is 9.78 Å². The van der Waals surface area contributed by atoms with Crippen molar-refractivity contribution in [1.29, 1.82) is 0 Å². The molecule has 0 aliphatic heterocycles. The molecule has 0 aliphatic carbocycles. The number of hydrogen-bond acceptors (Lipinski definition) is 4. The zero-order valence-electron chi connectivity index (χ0n) is 13.7. The molecule has 0 spiro atoms. The van der Waals surface area contributed by atoms with Gasteiger partial charge in [-0.1, -0.05) is 60.4 Å². The normalized spacial score (nSPS) is 12.5. The summed E-state index contributed by atoms with van der Waals surface area (Å²) in [6, 6.07) is 3.47. The summed E-state index contributed by atoms with van der Waals surface area (Å²) < 4.78 is 1.72. The molecule has 0 amide bonds. The quantitative estimate of drug-likeness (QED) is 0.540. The maximum atomic E-state index is 12.2. The van der Waals surface area contributed by atoms with Crippen LogP contribution in [0.4, 0.5) is 0 Å². The third-order valence-electron chi connectivity index (χ3n) is 3.58. The molecule has 0 saturated heterocycles. The van der Waals surface area contributed by atoms with Crippen molar-refractivity contribution < 1.29 is 4.79 Å². The van der Waals surface area contributed by atoms with E-state index in [4.69, 9.17) is 34.8 Å². The average molecular weight is 424 g/mol. The number of carbonyl (C=O) groups excluding carboxylic acids is 1. The first-order chi connectivity index (χ1) is 11.3. The van der Waals surface area contributed by atoms with Crippen molar-refractivity contribution >= 4 is 63.4 Å². The van der Waals surface area contributed by atoms with Crippen LogP contribution in [0.25, 0.3) is 11.3 Å². The summed E-state index contributed by atoms with van der Waals surface area (Å²) in [6.07, 6.45) is 1.93. The molecule has 0 aliphatic rings. The third-order valence-corrected chi connectivity index (χ3v) is 6.47. The average Bonchev–Trinajstić information content (AvgIpc) is 2.81. The summed E-state index contributed by atoms with van der Waals surface area (Å²) in [5.74, 6) is 0.394. The largest absolute Gasteiger partial charge is 0.287 e. The molecule has 1 aromatic carbocycles. The van der Waals surface area contributed by atoms with Gasteiger partial charge in [-0.25, -0.2) is 0 Å². The number of nitrogens with zero attached hydrogens (tertiary/aromatic N) is 2. The lowest BCUT2D eigenvalue weighted by atomic mass is 9.99. The van der Waals surface area contributed by atoms with Crippen LogP contribution < -0.4 is 0 Å². The molecular formula is C16H17Cl3N2OS2. The van der Waals surface area contributed by atoms with Gasteiger partial charge in [0.1, 0.15) is 15.7 Å². The van der Waals surface area contributed by atoms with Crippen molar-refractivity contribution in [3.05, 3.63) is 32.8 Å². The van der Waals surface area contributed by atoms with Gasteiger partial charge in [0.05, 0.1) is 10.9 Å². The number of halogens is 3. The van der Waals surface area contributed by atoms with Crippen molar-refractivity contribution in [3.8, 4) is 11.3 Å². The highest BCUT2D eigenvalue weighted by Crippen LogP contribution is 2.41. The van der Waals surface area contributed by atoms with Crippen LogP contribution in [0.1, 0.15) is 25.3 Å². The Hall–Kier alpha value is -0.330. The fourth-order valence-corrected chi connectivity index (χ4v) is 4.72. The molecule has 0 radical (unpaired) electrons. The van der Waals surface area contributed by atoms with Crippen LogP contribution in [-0.2, 0) is 11.8 Å². The van der Waals surface area contributed by atoms with Gasteiger partial charge in [-0.3, -0.25) is 9.48 Å². The van der Waals surface area contributed by atoms with Crippen LogP contribution in [-0.4, -0.2) is 26.9 Å². The monoisotopic (exact) mass is 422 g/mol. The minimum atomic E-state index is -0.332. The van der Waals surface area contributed by atoms with Gasteiger partial charge < -0.3 is 0 Å². The van der Waals surface area contributed by atoms with Gasteiger partial charge >= 0.3 is 0 Å². The summed E-state index contributed by atoms with van der Waals surface area (Å²) >= 11 is 21.9. The fraction of sp³-hybridized carbons (Fsp3) is 0.375. The second-order valence-corrected chi connectivity index (χ2v) is 8.38. The van der Waals surface area contributed by atoms with Gasteiger partial charge in [-0.15, -0.1) is 11.8 Å². The topological polar surface area (TPSA) is 34.9 Å². The number of aryl methyl sites for hydroxylation is 1. The summed E-state index contributed by atoms with van der Waals surface area (Å²) in [5, 5.41) is 6.87. The minimum Gasteiger partial charge on any atom is -0.287 e. The van der Waals surface area contributed by atoms with E-state index in [0.29, 0.717) is 26.3 Å². The van der Waals surface area contributed by atoms with Crippen molar-refractivity contribution in [2.45, 2.75) is 24.8 Å². The Morgan fingerprint density at radius 2 is 1.96 bits per heavy atom. The second kappa shape index (κ2) is 8.37. The van der Waals surface area contributed by atoms with Crippen LogP contribution in [0.2, 0.25) is 15.1 Å². The molecule has 2 rings (SSSR count). The first kappa shape index (κ1) is 20.0. The fourth-order valence-electron chi connectivity index (χ4n) is 2.35. The highest BCUT2D eigenvalue weighted by molar-refractivity contribution is 8.13. The van der Waals surface area contributed by atoms with Crippen LogP contribution in [0, 0.1) is 0 Å². The Kier molecular flexibility index (Phi) is 6.97. The Morgan fingerprint density at radius 3 is 2.50 bits per heavy atom. The molecule has 3 nitrogen and oxygen atoms in total. The Morgan fingerprint density at radius 1 is 1.29 bits per heavy atom. The summed E-state index contributed by atoms with van der Waals surface area (Å²) in [7, 11) is 1.83. The molecule has 1 heterocycles. The molecule has 24 heavy (non-hydrogen) atoms. The SMILES string of the molecule is CCSC(=O)C(C)c1cc(-c2nn(C)c(SC)c2Cl)c(Cl)cc1Cl. The molecule has 0 bridgehead atoms. The first-order valence-corrected chi connectivity index (χ1v) is 10.6. The van der Waals surface area contributed by atoms with Crippen LogP contribution in [0.15, 0.2) is 17.2 Å². The predicted molar refractivity (Wildman–Crippen MR) is 107 cm³/mol. The van der Waals surface area contributed by atoms with Crippen LogP contribution in [0.3, 0.4) is 0 Å². The molecule has 130 valence electrons. The molecule has 2 aromatic rings. The molecule has 1 atom stereocenters. The van der Waals surface area contributed by atoms with Gasteiger partial charge in [-0.2, -0.15) is 5.10 Å². The first-order valence-electron chi connectivity index (χ1n) is 7.24. The van der Waals surface area contributed by atoms with E-state index in [2.05, 4.69) is 5.10 Å². The lowest BCUT2D eigenvalue weighted by molar-refractivity contribution is -0.111. The number of hydrogen-bond donors (Lipinski definition) is 0. The van der Waals surface area contributed by atoms with Crippen molar-refractivity contribution in [3.63, 3.8) is 0 Å². The maximum absolute atomic E-state index is 12.2. The number of rotatable bonds is 5. The molecule has 8 heteroatoms. The summed E-state index contributed by atoms with van der Waals surface area (Å²) in [6.45, 7) is 3.79. The predicted octanol–water partition coefficient (Wildman–Crippen LogP) is 6.15. The molecule has 1 unspecified atom stereocenters. The summed E-state index contributed by atoms with van der Waals surface area (Å²) in [5.41, 5.74) is 2.00. The number of thioether (sulfide) groups is 2. The maximum Gasteiger partial charge on any atom is 0.196 e. The molecule has 1 aromatic heterocycles. The van der Waals surface area contributed by atoms with E-state index in [-0.39, 0.29) is 11.0 Å². The van der Waals surface area contributed by atoms with Crippen LogP contribution >= 0.6 is 58.3 Å². The number of aromatic nitrogens is 2. The van der Waals surface area contributed by atoms with Crippen molar-refractivity contribution in [2.24, 2.45) is 7.05 Å². The standard InChI is InChI=1S/C16H17Cl3N2OS2/c1-5-24-16(22)8(2)9-6-10(12(18)7-11(9)17)14-13(19)15(23-4)21(3)20-14/h6-8H,5H2,1-4H3. The van der Waals surface area contributed by atoms with Gasteiger partial charge in [0.15, 0.2) is 5.12 Å². The van der Waals surface area contributed by atoms with E-state index in [0.717, 1.165) is 16.3 Å². The van der Waals surface area contributed by atoms with E-state index < -0.39 is 0 Å². The Balaban J connectivity index is 2.57. The Bertz CT molecular complexity index is 777. The van der Waals surface area contributed by atoms with Gasteiger partial charge in [0.25, 0.3) is 0 Å². The lowest BCUT2D eigenvalue weighted by Crippen LogP contribution is -2.06. The van der Waals surface area contributed by atoms with Gasteiger partial charge in [0.2, 0.25) is 0 Å². The zero-order chi connectivity index (χ0) is 18.0. The minimum absolute atomic E-state index is 0.0737. The molecule has 0 saturated carbocycles. The van der Waals surface area contributed by atoms with Crippen molar-refractivity contribution in [2.75, 3.05) is 12.0 Å². The third kappa shape index (κ3) is 3.91. The lowest BCUT2D eigenvalue weighted by Gasteiger charge is -2.14. The molecule has 0 N–H and O–H groups in total. The number of carbonyl (C=O) groups is 1. The molecular weight excluding hydrogens is 407 g/mol. The van der Waals surface area contributed by atoms with E-state index in [1.54, 1.807) is 10.7 Å². The smallest absolute Gasteiger partial charge is 0.196 e. The van der Waals surface area contributed by atoms with E-state index in [1.165, 1.54) is 23.5 Å². The number of benzene rings is 1.